The van der Waals surface area contributed by atoms with E-state index < -0.39 is 17.5 Å². The van der Waals surface area contributed by atoms with Gasteiger partial charge in [-0.25, -0.2) is 4.79 Å². The number of aliphatic hydroxyl groups excluding tert-OH is 1. The highest BCUT2D eigenvalue weighted by Gasteiger charge is 2.53. The second kappa shape index (κ2) is 4.19. The van der Waals surface area contributed by atoms with Gasteiger partial charge in [-0.15, -0.1) is 0 Å². The van der Waals surface area contributed by atoms with Crippen molar-refractivity contribution in [2.24, 2.45) is 0 Å². The maximum absolute atomic E-state index is 11.4. The van der Waals surface area contributed by atoms with Crippen LogP contribution in [0.2, 0.25) is 0 Å². The van der Waals surface area contributed by atoms with E-state index in [0.717, 1.165) is 18.4 Å². The second-order valence-electron chi connectivity index (χ2n) is 4.27. The SMILES string of the molecule is COC(=O)C(O)C1(c2cccc(C#N)c2)CC1. The van der Waals surface area contributed by atoms with Crippen molar-refractivity contribution in [3.63, 3.8) is 0 Å². The van der Waals surface area contributed by atoms with E-state index in [1.165, 1.54) is 7.11 Å². The number of esters is 1. The summed E-state index contributed by atoms with van der Waals surface area (Å²) in [6.07, 6.45) is 0.317. The number of hydrogen-bond donors (Lipinski definition) is 1. The molecule has 1 saturated carbocycles. The molecule has 1 N–H and O–H groups in total. The van der Waals surface area contributed by atoms with Crippen LogP contribution in [-0.2, 0) is 14.9 Å². The van der Waals surface area contributed by atoms with Crippen LogP contribution in [0.25, 0.3) is 0 Å². The van der Waals surface area contributed by atoms with Crippen molar-refractivity contribution < 1.29 is 14.6 Å². The van der Waals surface area contributed by atoms with Gasteiger partial charge in [0.15, 0.2) is 6.10 Å². The van der Waals surface area contributed by atoms with Gasteiger partial charge in [-0.05, 0) is 30.5 Å². The van der Waals surface area contributed by atoms with Crippen LogP contribution in [0, 0.1) is 11.3 Å². The molecule has 1 aliphatic rings. The van der Waals surface area contributed by atoms with Gasteiger partial charge >= 0.3 is 5.97 Å². The van der Waals surface area contributed by atoms with Crippen molar-refractivity contribution in [1.29, 1.82) is 5.26 Å². The quantitative estimate of drug-likeness (QED) is 0.791. The standard InChI is InChI=1S/C13H13NO3/c1-17-12(16)11(15)13(5-6-13)10-4-2-3-9(7-10)8-14/h2-4,7,11,15H,5-6H2,1H3. The monoisotopic (exact) mass is 231 g/mol. The van der Waals surface area contributed by atoms with Crippen LogP contribution in [0.1, 0.15) is 24.0 Å². The molecule has 1 aromatic carbocycles. The number of nitriles is 1. The van der Waals surface area contributed by atoms with E-state index in [2.05, 4.69) is 10.8 Å². The molecule has 17 heavy (non-hydrogen) atoms. The highest BCUT2D eigenvalue weighted by atomic mass is 16.5. The molecule has 0 bridgehead atoms. The Morgan fingerprint density at radius 2 is 2.29 bits per heavy atom. The average Bonchev–Trinajstić information content (AvgIpc) is 3.18. The number of aliphatic hydroxyl groups is 1. The van der Waals surface area contributed by atoms with Gasteiger partial charge in [0.1, 0.15) is 0 Å². The number of carbonyl (C=O) groups excluding carboxylic acids is 1. The predicted octanol–water partition coefficient (Wildman–Crippen LogP) is 1.12. The van der Waals surface area contributed by atoms with E-state index in [9.17, 15) is 9.90 Å². The molecule has 1 aliphatic carbocycles. The van der Waals surface area contributed by atoms with Crippen LogP contribution in [-0.4, -0.2) is 24.3 Å². The van der Waals surface area contributed by atoms with Crippen molar-refractivity contribution in [3.8, 4) is 6.07 Å². The van der Waals surface area contributed by atoms with Crippen molar-refractivity contribution >= 4 is 5.97 Å². The van der Waals surface area contributed by atoms with E-state index in [-0.39, 0.29) is 0 Å². The zero-order valence-corrected chi connectivity index (χ0v) is 9.51. The molecule has 2 rings (SSSR count). The Kier molecular flexibility index (Phi) is 2.86. The van der Waals surface area contributed by atoms with Gasteiger partial charge in [-0.1, -0.05) is 12.1 Å². The summed E-state index contributed by atoms with van der Waals surface area (Å²) in [6.45, 7) is 0. The lowest BCUT2D eigenvalue weighted by Crippen LogP contribution is -2.35. The van der Waals surface area contributed by atoms with Gasteiger partial charge in [0.05, 0.1) is 18.7 Å². The summed E-state index contributed by atoms with van der Waals surface area (Å²) < 4.78 is 4.56. The zero-order chi connectivity index (χ0) is 12.5. The molecular formula is C13H13NO3. The van der Waals surface area contributed by atoms with Gasteiger partial charge in [-0.3, -0.25) is 0 Å². The van der Waals surface area contributed by atoms with Crippen LogP contribution in [0.15, 0.2) is 24.3 Å². The maximum Gasteiger partial charge on any atom is 0.335 e. The van der Waals surface area contributed by atoms with Crippen LogP contribution in [0.3, 0.4) is 0 Å². The minimum absolute atomic E-state index is 0.533. The molecule has 0 aliphatic heterocycles. The summed E-state index contributed by atoms with van der Waals surface area (Å²) in [4.78, 5) is 11.4. The van der Waals surface area contributed by atoms with Gasteiger partial charge in [0, 0.05) is 5.41 Å². The Balaban J connectivity index is 2.33. The van der Waals surface area contributed by atoms with E-state index in [1.807, 2.05) is 6.07 Å². The third kappa shape index (κ3) is 1.90. The molecular weight excluding hydrogens is 218 g/mol. The third-order valence-electron chi connectivity index (χ3n) is 3.30. The number of methoxy groups -OCH3 is 1. The Bertz CT molecular complexity index is 486. The first-order chi connectivity index (χ1) is 8.14. The summed E-state index contributed by atoms with van der Waals surface area (Å²) in [6, 6.07) is 9.07. The summed E-state index contributed by atoms with van der Waals surface area (Å²) >= 11 is 0. The molecule has 4 heteroatoms. The smallest absolute Gasteiger partial charge is 0.335 e. The molecule has 0 amide bonds. The molecule has 88 valence electrons. The summed E-state index contributed by atoms with van der Waals surface area (Å²) in [5.74, 6) is -0.620. The van der Waals surface area contributed by atoms with Crippen LogP contribution in [0.5, 0.6) is 0 Å². The number of nitrogens with zero attached hydrogens (tertiary/aromatic N) is 1. The molecule has 4 nitrogen and oxygen atoms in total. The minimum Gasteiger partial charge on any atom is -0.467 e. The second-order valence-corrected chi connectivity index (χ2v) is 4.27. The number of benzene rings is 1. The first kappa shape index (κ1) is 11.6. The highest BCUT2D eigenvalue weighted by molar-refractivity contribution is 5.77. The lowest BCUT2D eigenvalue weighted by Gasteiger charge is -2.20. The highest BCUT2D eigenvalue weighted by Crippen LogP contribution is 2.51. The van der Waals surface area contributed by atoms with Crippen molar-refractivity contribution in [2.75, 3.05) is 7.11 Å². The van der Waals surface area contributed by atoms with Gasteiger partial charge < -0.3 is 9.84 Å². The fourth-order valence-electron chi connectivity index (χ4n) is 2.09. The van der Waals surface area contributed by atoms with Crippen LogP contribution < -0.4 is 0 Å². The van der Waals surface area contributed by atoms with E-state index >= 15 is 0 Å². The minimum atomic E-state index is -1.15. The number of hydrogen-bond acceptors (Lipinski definition) is 4. The molecule has 0 radical (unpaired) electrons. The molecule has 0 spiro atoms. The maximum atomic E-state index is 11.4. The number of rotatable bonds is 3. The van der Waals surface area contributed by atoms with Gasteiger partial charge in [0.2, 0.25) is 0 Å². The summed E-state index contributed by atoms with van der Waals surface area (Å²) in [5, 5.41) is 18.8. The third-order valence-corrected chi connectivity index (χ3v) is 3.30. The van der Waals surface area contributed by atoms with Gasteiger partial charge in [-0.2, -0.15) is 5.26 Å². The van der Waals surface area contributed by atoms with Crippen molar-refractivity contribution in [2.45, 2.75) is 24.4 Å². The molecule has 0 heterocycles. The van der Waals surface area contributed by atoms with Crippen molar-refractivity contribution in [3.05, 3.63) is 35.4 Å². The molecule has 1 atom stereocenters. The van der Waals surface area contributed by atoms with Gasteiger partial charge in [0.25, 0.3) is 0 Å². The van der Waals surface area contributed by atoms with E-state index in [4.69, 9.17) is 5.26 Å². The molecule has 1 aromatic rings. The van der Waals surface area contributed by atoms with E-state index in [1.54, 1.807) is 18.2 Å². The largest absolute Gasteiger partial charge is 0.467 e. The number of ether oxygens (including phenoxy) is 1. The average molecular weight is 231 g/mol. The molecule has 0 aromatic heterocycles. The lowest BCUT2D eigenvalue weighted by molar-refractivity contribution is -0.152. The van der Waals surface area contributed by atoms with Crippen LogP contribution in [0.4, 0.5) is 0 Å². The van der Waals surface area contributed by atoms with Crippen LogP contribution >= 0.6 is 0 Å². The first-order valence-electron chi connectivity index (χ1n) is 5.40. The Morgan fingerprint density at radius 1 is 1.59 bits per heavy atom. The lowest BCUT2D eigenvalue weighted by atomic mass is 9.89. The van der Waals surface area contributed by atoms with Crippen molar-refractivity contribution in [1.82, 2.24) is 0 Å². The normalized spacial score (nSPS) is 17.9. The first-order valence-corrected chi connectivity index (χ1v) is 5.40. The summed E-state index contributed by atoms with van der Waals surface area (Å²) in [7, 11) is 1.26. The fraction of sp³-hybridized carbons (Fsp3) is 0.385. The zero-order valence-electron chi connectivity index (χ0n) is 9.51. The molecule has 0 saturated heterocycles. The Labute approximate surface area is 99.4 Å². The topological polar surface area (TPSA) is 70.3 Å². The predicted molar refractivity (Wildman–Crippen MR) is 60.1 cm³/mol. The Morgan fingerprint density at radius 3 is 2.82 bits per heavy atom. The van der Waals surface area contributed by atoms with E-state index in [0.29, 0.717) is 5.56 Å². The fourth-order valence-corrected chi connectivity index (χ4v) is 2.09. The Hall–Kier alpha value is -1.86. The number of carbonyl (C=O) groups is 1. The summed E-state index contributed by atoms with van der Waals surface area (Å²) in [5.41, 5.74) is 0.806. The molecule has 1 fully saturated rings. The molecule has 1 unspecified atom stereocenters.